The zero-order valence-electron chi connectivity index (χ0n) is 14.7. The maximum Gasteiger partial charge on any atom is 0.228 e. The number of carbonyl (C=O) groups excluding carboxylic acids is 1. The van der Waals surface area contributed by atoms with Crippen molar-refractivity contribution in [2.24, 2.45) is 0 Å². The lowest BCUT2D eigenvalue weighted by atomic mass is 10.2. The predicted octanol–water partition coefficient (Wildman–Crippen LogP) is 2.19. The Morgan fingerprint density at radius 1 is 1.36 bits per heavy atom. The number of ether oxygens (including phenoxy) is 2. The average molecular weight is 361 g/mol. The van der Waals surface area contributed by atoms with E-state index < -0.39 is 0 Å². The second-order valence-corrected chi connectivity index (χ2v) is 6.89. The van der Waals surface area contributed by atoms with E-state index in [-0.39, 0.29) is 11.9 Å². The van der Waals surface area contributed by atoms with Crippen molar-refractivity contribution in [3.05, 3.63) is 29.3 Å². The van der Waals surface area contributed by atoms with Crippen molar-refractivity contribution in [2.45, 2.75) is 19.4 Å². The van der Waals surface area contributed by atoms with E-state index in [1.807, 2.05) is 28.5 Å². The molecule has 1 atom stereocenters. The first-order valence-corrected chi connectivity index (χ1v) is 9.17. The van der Waals surface area contributed by atoms with E-state index in [0.29, 0.717) is 17.9 Å². The lowest BCUT2D eigenvalue weighted by Crippen LogP contribution is -2.52. The highest BCUT2D eigenvalue weighted by atomic mass is 32.1. The zero-order valence-corrected chi connectivity index (χ0v) is 15.6. The molecular formula is C18H23N3O3S. The van der Waals surface area contributed by atoms with Gasteiger partial charge in [0.1, 0.15) is 5.01 Å². The fraction of sp³-hybridized carbons (Fsp3) is 0.444. The molecule has 1 aliphatic heterocycles. The Morgan fingerprint density at radius 2 is 2.16 bits per heavy atom. The summed E-state index contributed by atoms with van der Waals surface area (Å²) < 4.78 is 10.6. The van der Waals surface area contributed by atoms with Gasteiger partial charge in [-0.25, -0.2) is 4.98 Å². The summed E-state index contributed by atoms with van der Waals surface area (Å²) in [6.45, 7) is 4.52. The van der Waals surface area contributed by atoms with Crippen LogP contribution in [0.15, 0.2) is 23.6 Å². The summed E-state index contributed by atoms with van der Waals surface area (Å²) in [7, 11) is 3.23. The van der Waals surface area contributed by atoms with Crippen molar-refractivity contribution < 1.29 is 14.3 Å². The molecule has 1 N–H and O–H groups in total. The van der Waals surface area contributed by atoms with E-state index in [1.165, 1.54) is 11.3 Å². The van der Waals surface area contributed by atoms with Crippen LogP contribution in [0.1, 0.15) is 12.6 Å². The number of nitrogens with zero attached hydrogens (tertiary/aromatic N) is 2. The average Bonchev–Trinajstić information content (AvgIpc) is 3.09. The van der Waals surface area contributed by atoms with Crippen molar-refractivity contribution in [3.8, 4) is 22.1 Å². The van der Waals surface area contributed by atoms with Crippen LogP contribution in [-0.4, -0.2) is 55.7 Å². The third-order valence-corrected chi connectivity index (χ3v) is 5.28. The third-order valence-electron chi connectivity index (χ3n) is 4.34. The van der Waals surface area contributed by atoms with E-state index in [2.05, 4.69) is 17.2 Å². The second-order valence-electron chi connectivity index (χ2n) is 6.03. The van der Waals surface area contributed by atoms with E-state index >= 15 is 0 Å². The Morgan fingerprint density at radius 3 is 2.88 bits per heavy atom. The standard InChI is InChI=1S/C18H23N3O3S/c1-12-10-19-6-7-21(12)17(22)9-14-11-25-18(20-14)13-4-5-15(23-2)16(8-13)24-3/h4-5,8,11-12,19H,6-7,9-10H2,1-3H3/t12-/m0/s1. The molecule has 2 aromatic rings. The maximum absolute atomic E-state index is 12.5. The normalized spacial score (nSPS) is 17.4. The summed E-state index contributed by atoms with van der Waals surface area (Å²) in [6, 6.07) is 5.94. The maximum atomic E-state index is 12.5. The molecule has 3 rings (SSSR count). The van der Waals surface area contributed by atoms with Gasteiger partial charge in [-0.15, -0.1) is 11.3 Å². The Balaban J connectivity index is 1.73. The van der Waals surface area contributed by atoms with Gasteiger partial charge in [0.15, 0.2) is 11.5 Å². The van der Waals surface area contributed by atoms with Crippen LogP contribution in [0, 0.1) is 0 Å². The number of nitrogens with one attached hydrogen (secondary N) is 1. The van der Waals surface area contributed by atoms with E-state index in [0.717, 1.165) is 35.9 Å². The molecule has 7 heteroatoms. The predicted molar refractivity (Wildman–Crippen MR) is 98.4 cm³/mol. The molecule has 0 unspecified atom stereocenters. The fourth-order valence-electron chi connectivity index (χ4n) is 2.96. The molecule has 1 saturated heterocycles. The summed E-state index contributed by atoms with van der Waals surface area (Å²) in [5, 5.41) is 6.13. The van der Waals surface area contributed by atoms with Crippen LogP contribution >= 0.6 is 11.3 Å². The minimum Gasteiger partial charge on any atom is -0.493 e. The molecule has 1 aliphatic rings. The first-order chi connectivity index (χ1) is 12.1. The minimum atomic E-state index is 0.137. The molecule has 0 aliphatic carbocycles. The quantitative estimate of drug-likeness (QED) is 0.884. The van der Waals surface area contributed by atoms with Crippen LogP contribution in [0.4, 0.5) is 0 Å². The van der Waals surface area contributed by atoms with Gasteiger partial charge in [0.25, 0.3) is 0 Å². The number of benzene rings is 1. The number of rotatable bonds is 5. The van der Waals surface area contributed by atoms with Gasteiger partial charge in [-0.2, -0.15) is 0 Å². The largest absolute Gasteiger partial charge is 0.493 e. The molecule has 134 valence electrons. The molecule has 25 heavy (non-hydrogen) atoms. The molecule has 6 nitrogen and oxygen atoms in total. The van der Waals surface area contributed by atoms with Crippen LogP contribution in [0.2, 0.25) is 0 Å². The van der Waals surface area contributed by atoms with E-state index in [1.54, 1.807) is 14.2 Å². The molecule has 1 amide bonds. The van der Waals surface area contributed by atoms with Crippen LogP contribution < -0.4 is 14.8 Å². The monoisotopic (exact) mass is 361 g/mol. The van der Waals surface area contributed by atoms with Gasteiger partial charge < -0.3 is 19.7 Å². The zero-order chi connectivity index (χ0) is 17.8. The van der Waals surface area contributed by atoms with E-state index in [9.17, 15) is 4.79 Å². The van der Waals surface area contributed by atoms with Gasteiger partial charge in [-0.1, -0.05) is 0 Å². The topological polar surface area (TPSA) is 63.7 Å². The minimum absolute atomic E-state index is 0.137. The SMILES string of the molecule is COc1ccc(-c2nc(CC(=O)N3CCNC[C@@H]3C)cs2)cc1OC. The van der Waals surface area contributed by atoms with Crippen LogP contribution in [-0.2, 0) is 11.2 Å². The van der Waals surface area contributed by atoms with Gasteiger partial charge in [0.05, 0.1) is 26.3 Å². The lowest BCUT2D eigenvalue weighted by molar-refractivity contribution is -0.133. The number of aromatic nitrogens is 1. The third kappa shape index (κ3) is 3.93. The fourth-order valence-corrected chi connectivity index (χ4v) is 3.77. The highest BCUT2D eigenvalue weighted by Gasteiger charge is 2.23. The van der Waals surface area contributed by atoms with Gasteiger partial charge in [0.2, 0.25) is 5.91 Å². The number of amides is 1. The van der Waals surface area contributed by atoms with Gasteiger partial charge in [0, 0.05) is 36.6 Å². The summed E-state index contributed by atoms with van der Waals surface area (Å²) in [5.74, 6) is 1.49. The molecule has 0 radical (unpaired) electrons. The van der Waals surface area contributed by atoms with Crippen LogP contribution in [0.3, 0.4) is 0 Å². The highest BCUT2D eigenvalue weighted by molar-refractivity contribution is 7.13. The molecule has 1 aromatic heterocycles. The number of piperazine rings is 1. The molecule has 0 spiro atoms. The van der Waals surface area contributed by atoms with Gasteiger partial charge in [-0.05, 0) is 25.1 Å². The molecule has 1 aromatic carbocycles. The molecular weight excluding hydrogens is 338 g/mol. The smallest absolute Gasteiger partial charge is 0.228 e. The summed E-state index contributed by atoms with van der Waals surface area (Å²) in [4.78, 5) is 19.1. The second kappa shape index (κ2) is 7.84. The van der Waals surface area contributed by atoms with Gasteiger partial charge >= 0.3 is 0 Å². The number of methoxy groups -OCH3 is 2. The Kier molecular flexibility index (Phi) is 5.55. The summed E-state index contributed by atoms with van der Waals surface area (Å²) in [5.41, 5.74) is 1.77. The number of hydrogen-bond donors (Lipinski definition) is 1. The molecule has 2 heterocycles. The Labute approximate surface area is 151 Å². The van der Waals surface area contributed by atoms with Gasteiger partial charge in [-0.3, -0.25) is 4.79 Å². The molecule has 0 bridgehead atoms. The highest BCUT2D eigenvalue weighted by Crippen LogP contribution is 2.33. The summed E-state index contributed by atoms with van der Waals surface area (Å²) >= 11 is 1.53. The first kappa shape index (κ1) is 17.7. The number of carbonyl (C=O) groups is 1. The Bertz CT molecular complexity index is 747. The van der Waals surface area contributed by atoms with Crippen molar-refractivity contribution in [1.29, 1.82) is 0 Å². The number of thiazole rings is 1. The Hall–Kier alpha value is -2.12. The van der Waals surface area contributed by atoms with Crippen LogP contribution in [0.5, 0.6) is 11.5 Å². The van der Waals surface area contributed by atoms with Crippen molar-refractivity contribution in [1.82, 2.24) is 15.2 Å². The van der Waals surface area contributed by atoms with Crippen molar-refractivity contribution >= 4 is 17.2 Å². The van der Waals surface area contributed by atoms with Crippen molar-refractivity contribution in [3.63, 3.8) is 0 Å². The molecule has 0 saturated carbocycles. The van der Waals surface area contributed by atoms with E-state index in [4.69, 9.17) is 9.47 Å². The number of hydrogen-bond acceptors (Lipinski definition) is 6. The molecule has 1 fully saturated rings. The lowest BCUT2D eigenvalue weighted by Gasteiger charge is -2.33. The van der Waals surface area contributed by atoms with Crippen LogP contribution in [0.25, 0.3) is 10.6 Å². The van der Waals surface area contributed by atoms with Crippen molar-refractivity contribution in [2.75, 3.05) is 33.9 Å². The summed E-state index contributed by atoms with van der Waals surface area (Å²) in [6.07, 6.45) is 0.341. The first-order valence-electron chi connectivity index (χ1n) is 8.29.